The van der Waals surface area contributed by atoms with E-state index in [4.69, 9.17) is 16.6 Å². The van der Waals surface area contributed by atoms with Gasteiger partial charge in [0.05, 0.1) is 17.6 Å². The van der Waals surface area contributed by atoms with Crippen LogP contribution >= 0.6 is 11.6 Å². The first kappa shape index (κ1) is 19.4. The summed E-state index contributed by atoms with van der Waals surface area (Å²) in [7, 11) is 0. The second kappa shape index (κ2) is 9.56. The predicted molar refractivity (Wildman–Crippen MR) is 111 cm³/mol. The molecule has 0 bridgehead atoms. The topological polar surface area (TPSA) is 46.9 Å². The molecule has 142 valence electrons. The fraction of sp³-hybridized carbons (Fsp3) is 0.364. The summed E-state index contributed by atoms with van der Waals surface area (Å²) in [5, 5.41) is 3.60. The third kappa shape index (κ3) is 5.10. The van der Waals surface area contributed by atoms with E-state index in [9.17, 15) is 4.79 Å². The number of aromatic nitrogens is 2. The van der Waals surface area contributed by atoms with Crippen LogP contribution in [0.25, 0.3) is 11.0 Å². The molecule has 0 aliphatic carbocycles. The van der Waals surface area contributed by atoms with Crippen LogP contribution in [-0.2, 0) is 13.1 Å². The van der Waals surface area contributed by atoms with Gasteiger partial charge >= 0.3 is 0 Å². The van der Waals surface area contributed by atoms with Gasteiger partial charge in [-0.1, -0.05) is 56.3 Å². The van der Waals surface area contributed by atoms with Crippen molar-refractivity contribution in [3.8, 4) is 0 Å². The molecule has 3 aromatic rings. The Balaban J connectivity index is 1.70. The number of carbonyl (C=O) groups is 1. The summed E-state index contributed by atoms with van der Waals surface area (Å²) in [6.07, 6.45) is 6.14. The highest BCUT2D eigenvalue weighted by atomic mass is 35.5. The maximum Gasteiger partial charge on any atom is 0.251 e. The molecule has 0 radical (unpaired) electrons. The zero-order valence-electron chi connectivity index (χ0n) is 15.7. The van der Waals surface area contributed by atoms with Crippen LogP contribution in [0.4, 0.5) is 0 Å². The lowest BCUT2D eigenvalue weighted by atomic mass is 10.1. The Morgan fingerprint density at radius 1 is 1.04 bits per heavy atom. The molecule has 0 atom stereocenters. The molecular weight excluding hydrogens is 358 g/mol. The van der Waals surface area contributed by atoms with E-state index >= 15 is 0 Å². The third-order valence-corrected chi connectivity index (χ3v) is 4.98. The molecule has 1 N–H and O–H groups in total. The summed E-state index contributed by atoms with van der Waals surface area (Å²) in [5.41, 5.74) is 2.70. The molecule has 5 heteroatoms. The monoisotopic (exact) mass is 383 g/mol. The van der Waals surface area contributed by atoms with Crippen LogP contribution in [0.3, 0.4) is 0 Å². The summed E-state index contributed by atoms with van der Waals surface area (Å²) < 4.78 is 2.24. The third-order valence-electron chi connectivity index (χ3n) is 4.73. The smallest absolute Gasteiger partial charge is 0.251 e. The van der Waals surface area contributed by atoms with Crippen molar-refractivity contribution in [2.45, 2.75) is 52.1 Å². The Bertz CT molecular complexity index is 886. The zero-order valence-corrected chi connectivity index (χ0v) is 16.5. The number of nitrogens with one attached hydrogen (secondary N) is 1. The summed E-state index contributed by atoms with van der Waals surface area (Å²) in [6.45, 7) is 3.56. The lowest BCUT2D eigenvalue weighted by molar-refractivity contribution is 0.0949. The first-order valence-corrected chi connectivity index (χ1v) is 10.0. The average molecular weight is 384 g/mol. The van der Waals surface area contributed by atoms with Gasteiger partial charge in [-0.3, -0.25) is 4.79 Å². The SMILES string of the molecule is CCCCCCCn1c(CNC(=O)c2ccc(Cl)cc2)nc2ccccc21. The van der Waals surface area contributed by atoms with Gasteiger partial charge in [-0.05, 0) is 42.8 Å². The van der Waals surface area contributed by atoms with E-state index in [1.165, 1.54) is 25.7 Å². The molecule has 0 saturated carbocycles. The molecule has 27 heavy (non-hydrogen) atoms. The number of nitrogens with zero attached hydrogens (tertiary/aromatic N) is 2. The largest absolute Gasteiger partial charge is 0.345 e. The van der Waals surface area contributed by atoms with Crippen molar-refractivity contribution >= 4 is 28.5 Å². The Hall–Kier alpha value is -2.33. The summed E-state index contributed by atoms with van der Waals surface area (Å²) in [6, 6.07) is 15.1. The summed E-state index contributed by atoms with van der Waals surface area (Å²) in [5.74, 6) is 0.780. The standard InChI is InChI=1S/C22H26ClN3O/c1-2-3-4-5-8-15-26-20-10-7-6-9-19(20)25-21(26)16-24-22(27)17-11-13-18(23)14-12-17/h6-7,9-14H,2-5,8,15-16H2,1H3,(H,24,27). The highest BCUT2D eigenvalue weighted by Crippen LogP contribution is 2.18. The molecule has 1 heterocycles. The van der Waals surface area contributed by atoms with Crippen molar-refractivity contribution in [1.82, 2.24) is 14.9 Å². The number of carbonyl (C=O) groups excluding carboxylic acids is 1. The number of hydrogen-bond donors (Lipinski definition) is 1. The van der Waals surface area contributed by atoms with Crippen molar-refractivity contribution < 1.29 is 4.79 Å². The summed E-state index contributed by atoms with van der Waals surface area (Å²) in [4.78, 5) is 17.1. The van der Waals surface area contributed by atoms with E-state index in [1.54, 1.807) is 24.3 Å². The van der Waals surface area contributed by atoms with Crippen molar-refractivity contribution in [2.75, 3.05) is 0 Å². The Labute approximate surface area is 165 Å². The van der Waals surface area contributed by atoms with Gasteiger partial charge in [0, 0.05) is 17.1 Å². The lowest BCUT2D eigenvalue weighted by Crippen LogP contribution is -2.24. The van der Waals surface area contributed by atoms with Crippen molar-refractivity contribution in [3.63, 3.8) is 0 Å². The van der Waals surface area contributed by atoms with Gasteiger partial charge in [-0.2, -0.15) is 0 Å². The van der Waals surface area contributed by atoms with E-state index in [-0.39, 0.29) is 5.91 Å². The van der Waals surface area contributed by atoms with E-state index in [1.807, 2.05) is 18.2 Å². The number of aryl methyl sites for hydroxylation is 1. The van der Waals surface area contributed by atoms with E-state index in [0.29, 0.717) is 17.1 Å². The van der Waals surface area contributed by atoms with Crippen LogP contribution in [0.15, 0.2) is 48.5 Å². The van der Waals surface area contributed by atoms with Gasteiger partial charge in [-0.25, -0.2) is 4.98 Å². The fourth-order valence-electron chi connectivity index (χ4n) is 3.25. The normalized spacial score (nSPS) is 11.0. The van der Waals surface area contributed by atoms with Crippen LogP contribution in [0, 0.1) is 0 Å². The number of benzene rings is 2. The highest BCUT2D eigenvalue weighted by molar-refractivity contribution is 6.30. The second-order valence-corrected chi connectivity index (χ2v) is 7.21. The van der Waals surface area contributed by atoms with Gasteiger partial charge in [-0.15, -0.1) is 0 Å². The molecule has 0 unspecified atom stereocenters. The number of unbranched alkanes of at least 4 members (excludes halogenated alkanes) is 4. The highest BCUT2D eigenvalue weighted by Gasteiger charge is 2.12. The number of amides is 1. The Morgan fingerprint density at radius 3 is 2.56 bits per heavy atom. The number of halogens is 1. The van der Waals surface area contributed by atoms with Crippen molar-refractivity contribution in [1.29, 1.82) is 0 Å². The first-order valence-electron chi connectivity index (χ1n) is 9.67. The first-order chi connectivity index (χ1) is 13.2. The van der Waals surface area contributed by atoms with Gasteiger partial charge in [0.2, 0.25) is 0 Å². The van der Waals surface area contributed by atoms with E-state index in [2.05, 4.69) is 22.9 Å². The van der Waals surface area contributed by atoms with Crippen molar-refractivity contribution in [3.05, 3.63) is 64.9 Å². The number of rotatable bonds is 9. The number of para-hydroxylation sites is 2. The van der Waals surface area contributed by atoms with Gasteiger partial charge < -0.3 is 9.88 Å². The number of hydrogen-bond acceptors (Lipinski definition) is 2. The quantitative estimate of drug-likeness (QED) is 0.489. The zero-order chi connectivity index (χ0) is 19.1. The molecule has 0 fully saturated rings. The van der Waals surface area contributed by atoms with Gasteiger partial charge in [0.15, 0.2) is 0 Å². The maximum atomic E-state index is 12.4. The van der Waals surface area contributed by atoms with E-state index in [0.717, 1.165) is 29.8 Å². The average Bonchev–Trinajstić information content (AvgIpc) is 3.04. The van der Waals surface area contributed by atoms with Crippen LogP contribution in [0.2, 0.25) is 5.02 Å². The summed E-state index contributed by atoms with van der Waals surface area (Å²) >= 11 is 5.89. The minimum absolute atomic E-state index is 0.117. The van der Waals surface area contributed by atoms with Crippen LogP contribution in [0.5, 0.6) is 0 Å². The maximum absolute atomic E-state index is 12.4. The van der Waals surface area contributed by atoms with Gasteiger partial charge in [0.25, 0.3) is 5.91 Å². The van der Waals surface area contributed by atoms with Crippen molar-refractivity contribution in [2.24, 2.45) is 0 Å². The molecule has 4 nitrogen and oxygen atoms in total. The number of fused-ring (bicyclic) bond motifs is 1. The minimum atomic E-state index is -0.117. The minimum Gasteiger partial charge on any atom is -0.345 e. The molecule has 0 saturated heterocycles. The number of imidazole rings is 1. The molecule has 0 spiro atoms. The molecule has 2 aromatic carbocycles. The molecule has 3 rings (SSSR count). The Kier molecular flexibility index (Phi) is 6.88. The molecule has 0 aliphatic heterocycles. The van der Waals surface area contributed by atoms with Crippen LogP contribution in [-0.4, -0.2) is 15.5 Å². The molecule has 0 aliphatic rings. The Morgan fingerprint density at radius 2 is 1.78 bits per heavy atom. The fourth-order valence-corrected chi connectivity index (χ4v) is 3.37. The molecule has 1 aromatic heterocycles. The second-order valence-electron chi connectivity index (χ2n) is 6.77. The lowest BCUT2D eigenvalue weighted by Gasteiger charge is -2.10. The van der Waals surface area contributed by atoms with Crippen LogP contribution in [0.1, 0.15) is 55.2 Å². The predicted octanol–water partition coefficient (Wildman–Crippen LogP) is 5.59. The van der Waals surface area contributed by atoms with E-state index < -0.39 is 0 Å². The van der Waals surface area contributed by atoms with Crippen LogP contribution < -0.4 is 5.32 Å². The van der Waals surface area contributed by atoms with Gasteiger partial charge in [0.1, 0.15) is 5.82 Å². The molecular formula is C22H26ClN3O. The molecule has 1 amide bonds.